The third-order valence-corrected chi connectivity index (χ3v) is 3.26. The molecule has 2 saturated heterocycles. The van der Waals surface area contributed by atoms with Crippen molar-refractivity contribution in [2.45, 2.75) is 18.9 Å². The summed E-state index contributed by atoms with van der Waals surface area (Å²) in [5.41, 5.74) is 0.480. The topological polar surface area (TPSA) is 63.1 Å². The lowest BCUT2D eigenvalue weighted by Gasteiger charge is -2.26. The zero-order valence-electron chi connectivity index (χ0n) is 9.09. The van der Waals surface area contributed by atoms with E-state index in [0.717, 1.165) is 39.0 Å². The molecule has 6 nitrogen and oxygen atoms in total. The van der Waals surface area contributed by atoms with E-state index in [9.17, 15) is 4.79 Å². The zero-order chi connectivity index (χ0) is 11.0. The molecule has 0 saturated carbocycles. The lowest BCUT2D eigenvalue weighted by Crippen LogP contribution is -2.43. The monoisotopic (exact) mass is 221 g/mol. The van der Waals surface area contributed by atoms with Crippen LogP contribution in [0.2, 0.25) is 0 Å². The maximum absolute atomic E-state index is 12.0. The van der Waals surface area contributed by atoms with Gasteiger partial charge in [-0.1, -0.05) is 5.21 Å². The number of rotatable bonds is 2. The Morgan fingerprint density at radius 1 is 1.38 bits per heavy atom. The van der Waals surface area contributed by atoms with Gasteiger partial charge in [-0.2, -0.15) is 0 Å². The van der Waals surface area contributed by atoms with Crippen molar-refractivity contribution in [1.29, 1.82) is 0 Å². The van der Waals surface area contributed by atoms with Crippen LogP contribution in [0.1, 0.15) is 29.4 Å². The Morgan fingerprint density at radius 3 is 2.75 bits per heavy atom. The van der Waals surface area contributed by atoms with E-state index in [1.54, 1.807) is 10.9 Å². The number of aromatic nitrogens is 3. The van der Waals surface area contributed by atoms with Gasteiger partial charge in [-0.25, -0.2) is 4.68 Å². The van der Waals surface area contributed by atoms with Gasteiger partial charge in [-0.3, -0.25) is 4.79 Å². The highest BCUT2D eigenvalue weighted by Crippen LogP contribution is 2.13. The van der Waals surface area contributed by atoms with Crippen molar-refractivity contribution in [2.75, 3.05) is 26.2 Å². The molecular weight excluding hydrogens is 206 g/mol. The van der Waals surface area contributed by atoms with Crippen molar-refractivity contribution in [3.63, 3.8) is 0 Å². The average Bonchev–Trinajstić information content (AvgIpc) is 2.84. The van der Waals surface area contributed by atoms with Crippen LogP contribution in [0.15, 0.2) is 6.20 Å². The van der Waals surface area contributed by atoms with Gasteiger partial charge in [0.25, 0.3) is 5.91 Å². The predicted octanol–water partition coefficient (Wildman–Crippen LogP) is -0.342. The molecule has 0 spiro atoms. The van der Waals surface area contributed by atoms with Crippen molar-refractivity contribution in [3.05, 3.63) is 11.9 Å². The second-order valence-electron chi connectivity index (χ2n) is 4.40. The molecule has 0 atom stereocenters. The number of likely N-dealkylation sites (tertiary alicyclic amines) is 1. The van der Waals surface area contributed by atoms with Gasteiger partial charge in [-0.15, -0.1) is 5.10 Å². The Morgan fingerprint density at radius 2 is 2.12 bits per heavy atom. The Kier molecular flexibility index (Phi) is 2.36. The van der Waals surface area contributed by atoms with Crippen LogP contribution in [0, 0.1) is 0 Å². The van der Waals surface area contributed by atoms with Crippen LogP contribution >= 0.6 is 0 Å². The Hall–Kier alpha value is -1.43. The van der Waals surface area contributed by atoms with Crippen LogP contribution < -0.4 is 5.32 Å². The minimum atomic E-state index is 0.0241. The van der Waals surface area contributed by atoms with E-state index in [-0.39, 0.29) is 5.91 Å². The van der Waals surface area contributed by atoms with Gasteiger partial charge in [0.1, 0.15) is 0 Å². The van der Waals surface area contributed by atoms with Crippen molar-refractivity contribution < 1.29 is 4.79 Å². The lowest BCUT2D eigenvalue weighted by molar-refractivity contribution is 0.0787. The Labute approximate surface area is 93.6 Å². The summed E-state index contributed by atoms with van der Waals surface area (Å²) in [6.45, 7) is 3.55. The molecule has 3 heterocycles. The van der Waals surface area contributed by atoms with Crippen molar-refractivity contribution in [2.24, 2.45) is 0 Å². The van der Waals surface area contributed by atoms with Crippen molar-refractivity contribution in [3.8, 4) is 0 Å². The molecule has 1 aromatic heterocycles. The van der Waals surface area contributed by atoms with Crippen molar-refractivity contribution >= 4 is 5.91 Å². The summed E-state index contributed by atoms with van der Waals surface area (Å²) in [6, 6.07) is 0.368. The molecule has 1 amide bonds. The molecule has 0 unspecified atom stereocenters. The highest BCUT2D eigenvalue weighted by atomic mass is 16.2. The summed E-state index contributed by atoms with van der Waals surface area (Å²) in [5.74, 6) is 0.0241. The smallest absolute Gasteiger partial charge is 0.276 e. The van der Waals surface area contributed by atoms with E-state index in [1.165, 1.54) is 0 Å². The van der Waals surface area contributed by atoms with Gasteiger partial charge in [0.2, 0.25) is 0 Å². The van der Waals surface area contributed by atoms with E-state index >= 15 is 0 Å². The first-order chi connectivity index (χ1) is 7.84. The first kappa shape index (κ1) is 9.77. The number of hydrogen-bond donors (Lipinski definition) is 1. The first-order valence-corrected chi connectivity index (χ1v) is 5.76. The number of carbonyl (C=O) groups excluding carboxylic acids is 1. The first-order valence-electron chi connectivity index (χ1n) is 5.76. The maximum Gasteiger partial charge on any atom is 0.276 e. The minimum absolute atomic E-state index is 0.0241. The van der Waals surface area contributed by atoms with Gasteiger partial charge in [-0.05, 0) is 12.8 Å². The Bertz CT molecular complexity index is 392. The van der Waals surface area contributed by atoms with Crippen LogP contribution in [0.4, 0.5) is 0 Å². The normalized spacial score (nSPS) is 21.1. The molecule has 1 aromatic rings. The number of amides is 1. The molecular formula is C10H15N5O. The summed E-state index contributed by atoms with van der Waals surface area (Å²) < 4.78 is 1.79. The van der Waals surface area contributed by atoms with Gasteiger partial charge >= 0.3 is 0 Å². The van der Waals surface area contributed by atoms with E-state index < -0.39 is 0 Å². The van der Waals surface area contributed by atoms with Gasteiger partial charge in [0, 0.05) is 26.2 Å². The average molecular weight is 221 g/mol. The molecule has 0 aliphatic carbocycles. The SMILES string of the molecule is O=C(c1cn(C2CNC2)nn1)N1CCCC1. The van der Waals surface area contributed by atoms with Gasteiger partial charge < -0.3 is 10.2 Å². The highest BCUT2D eigenvalue weighted by molar-refractivity contribution is 5.92. The molecule has 6 heteroatoms. The van der Waals surface area contributed by atoms with E-state index in [1.807, 2.05) is 4.90 Å². The standard InChI is InChI=1S/C10H15N5O/c16-10(14-3-1-2-4-14)9-7-15(13-12-9)8-5-11-6-8/h7-8,11H,1-6H2. The summed E-state index contributed by atoms with van der Waals surface area (Å²) in [5, 5.41) is 11.1. The van der Waals surface area contributed by atoms with E-state index in [0.29, 0.717) is 11.7 Å². The molecule has 0 bridgehead atoms. The van der Waals surface area contributed by atoms with Crippen LogP contribution in [-0.4, -0.2) is 52.0 Å². The van der Waals surface area contributed by atoms with Crippen LogP contribution in [-0.2, 0) is 0 Å². The largest absolute Gasteiger partial charge is 0.337 e. The second-order valence-corrected chi connectivity index (χ2v) is 4.40. The molecule has 0 aromatic carbocycles. The molecule has 2 aliphatic rings. The predicted molar refractivity (Wildman–Crippen MR) is 57.1 cm³/mol. The van der Waals surface area contributed by atoms with Crippen molar-refractivity contribution in [1.82, 2.24) is 25.2 Å². The molecule has 2 fully saturated rings. The minimum Gasteiger partial charge on any atom is -0.337 e. The molecule has 0 radical (unpaired) electrons. The third kappa shape index (κ3) is 1.59. The van der Waals surface area contributed by atoms with E-state index in [2.05, 4.69) is 15.6 Å². The summed E-state index contributed by atoms with van der Waals surface area (Å²) in [6.07, 6.45) is 3.98. The maximum atomic E-state index is 12.0. The number of nitrogens with one attached hydrogen (secondary N) is 1. The molecule has 16 heavy (non-hydrogen) atoms. The fourth-order valence-corrected chi connectivity index (χ4v) is 2.10. The summed E-state index contributed by atoms with van der Waals surface area (Å²) >= 11 is 0. The fraction of sp³-hybridized carbons (Fsp3) is 0.700. The third-order valence-electron chi connectivity index (χ3n) is 3.26. The molecule has 2 aliphatic heterocycles. The van der Waals surface area contributed by atoms with Crippen LogP contribution in [0.5, 0.6) is 0 Å². The molecule has 3 rings (SSSR count). The Balaban J connectivity index is 1.73. The second kappa shape index (κ2) is 3.86. The zero-order valence-corrected chi connectivity index (χ0v) is 9.09. The van der Waals surface area contributed by atoms with E-state index in [4.69, 9.17) is 0 Å². The number of hydrogen-bond acceptors (Lipinski definition) is 4. The summed E-state index contributed by atoms with van der Waals surface area (Å²) in [7, 11) is 0. The van der Waals surface area contributed by atoms with Gasteiger partial charge in [0.15, 0.2) is 5.69 Å². The quantitative estimate of drug-likeness (QED) is 0.742. The van der Waals surface area contributed by atoms with Crippen LogP contribution in [0.25, 0.3) is 0 Å². The molecule has 1 N–H and O–H groups in total. The number of nitrogens with zero attached hydrogens (tertiary/aromatic N) is 4. The highest BCUT2D eigenvalue weighted by Gasteiger charge is 2.25. The van der Waals surface area contributed by atoms with Gasteiger partial charge in [0.05, 0.1) is 12.2 Å². The fourth-order valence-electron chi connectivity index (χ4n) is 2.10. The number of carbonyl (C=O) groups is 1. The summed E-state index contributed by atoms with van der Waals surface area (Å²) in [4.78, 5) is 13.8. The van der Waals surface area contributed by atoms with Crippen LogP contribution in [0.3, 0.4) is 0 Å². The molecule has 86 valence electrons. The lowest BCUT2D eigenvalue weighted by atomic mass is 10.2.